The summed E-state index contributed by atoms with van der Waals surface area (Å²) in [6, 6.07) is 0. The van der Waals surface area contributed by atoms with E-state index in [1.54, 1.807) is 0 Å². The Bertz CT molecular complexity index is 811. The summed E-state index contributed by atoms with van der Waals surface area (Å²) in [6.45, 7) is 16.6. The molecule has 0 N–H and O–H groups in total. The summed E-state index contributed by atoms with van der Waals surface area (Å²) in [5, 5.41) is 0. The molecule has 0 spiro atoms. The minimum atomic E-state index is -0.514. The maximum Gasteiger partial charge on any atom is 0.332 e. The molecule has 334 valence electrons. The lowest BCUT2D eigenvalue weighted by Crippen LogP contribution is -2.27. The summed E-state index contributed by atoms with van der Waals surface area (Å²) in [7, 11) is 0. The van der Waals surface area contributed by atoms with Crippen LogP contribution in [0.3, 0.4) is 0 Å². The van der Waals surface area contributed by atoms with Gasteiger partial charge in [0.2, 0.25) is 0 Å². The highest BCUT2D eigenvalue weighted by atomic mass is 16.6. The van der Waals surface area contributed by atoms with E-state index in [1.165, 1.54) is 70.6 Å². The van der Waals surface area contributed by atoms with Crippen molar-refractivity contribution in [2.24, 2.45) is 0 Å². The molecule has 0 aromatic carbocycles. The molecule has 0 unspecified atom stereocenters. The number of unbranched alkanes of at least 4 members (excludes halogenated alkanes) is 12. The molecule has 0 bridgehead atoms. The molecule has 14 heteroatoms. The maximum absolute atomic E-state index is 11.9. The van der Waals surface area contributed by atoms with E-state index in [9.17, 15) is 9.59 Å². The number of esters is 2. The zero-order valence-corrected chi connectivity index (χ0v) is 36.0. The van der Waals surface area contributed by atoms with Crippen LogP contribution in [0.15, 0.2) is 0 Å². The average Bonchev–Trinajstić information content (AvgIpc) is 3.16. The van der Waals surface area contributed by atoms with E-state index in [-0.39, 0.29) is 25.2 Å². The first-order valence-electron chi connectivity index (χ1n) is 21.5. The molecule has 0 aromatic rings. The second-order valence-corrected chi connectivity index (χ2v) is 14.4. The molecule has 0 aliphatic rings. The van der Waals surface area contributed by atoms with Gasteiger partial charge in [-0.1, -0.05) is 84.0 Å². The molecule has 0 amide bonds. The SMILES string of the molecule is CCCCCCCCCCCCCCCC(=O)OCCOCCOCCOCCOCCOCCOCCOCCOCCOCCOCC(=O)OC(C)(C)C. The van der Waals surface area contributed by atoms with Crippen LogP contribution in [-0.2, 0) is 66.4 Å². The van der Waals surface area contributed by atoms with Crippen LogP contribution >= 0.6 is 0 Å². The van der Waals surface area contributed by atoms with Crippen molar-refractivity contribution in [2.45, 2.75) is 123 Å². The van der Waals surface area contributed by atoms with Gasteiger partial charge in [0, 0.05) is 6.42 Å². The highest BCUT2D eigenvalue weighted by Gasteiger charge is 2.16. The summed E-state index contributed by atoms with van der Waals surface area (Å²) in [5.74, 6) is -0.524. The fourth-order valence-electron chi connectivity index (χ4n) is 5.08. The molecule has 14 nitrogen and oxygen atoms in total. The summed E-state index contributed by atoms with van der Waals surface area (Å²) >= 11 is 0. The summed E-state index contributed by atoms with van der Waals surface area (Å²) in [4.78, 5) is 23.4. The van der Waals surface area contributed by atoms with Crippen LogP contribution in [0.25, 0.3) is 0 Å². The Morgan fingerprint density at radius 3 is 0.911 bits per heavy atom. The van der Waals surface area contributed by atoms with Gasteiger partial charge in [-0.25, -0.2) is 4.79 Å². The molecule has 0 radical (unpaired) electrons. The first-order chi connectivity index (χ1) is 27.3. The van der Waals surface area contributed by atoms with Gasteiger partial charge in [0.1, 0.15) is 18.8 Å². The van der Waals surface area contributed by atoms with Crippen LogP contribution in [0.2, 0.25) is 0 Å². The van der Waals surface area contributed by atoms with Crippen molar-refractivity contribution in [1.82, 2.24) is 0 Å². The zero-order valence-electron chi connectivity index (χ0n) is 36.0. The van der Waals surface area contributed by atoms with Crippen molar-refractivity contribution in [3.8, 4) is 0 Å². The van der Waals surface area contributed by atoms with Gasteiger partial charge in [0.25, 0.3) is 0 Å². The van der Waals surface area contributed by atoms with E-state index >= 15 is 0 Å². The number of rotatable bonds is 46. The van der Waals surface area contributed by atoms with Crippen molar-refractivity contribution in [3.63, 3.8) is 0 Å². The second-order valence-electron chi connectivity index (χ2n) is 14.4. The van der Waals surface area contributed by atoms with Crippen LogP contribution in [0.1, 0.15) is 118 Å². The Hall–Kier alpha value is -1.46. The van der Waals surface area contributed by atoms with Crippen LogP contribution in [0, 0.1) is 0 Å². The van der Waals surface area contributed by atoms with Gasteiger partial charge in [0.15, 0.2) is 0 Å². The van der Waals surface area contributed by atoms with Gasteiger partial charge < -0.3 is 56.8 Å². The minimum Gasteiger partial charge on any atom is -0.463 e. The molecule has 0 fully saturated rings. The summed E-state index contributed by atoms with van der Waals surface area (Å²) in [6.07, 6.45) is 17.3. The lowest BCUT2D eigenvalue weighted by atomic mass is 10.0. The molecule has 0 aromatic heterocycles. The van der Waals surface area contributed by atoms with Crippen LogP contribution in [0.5, 0.6) is 0 Å². The van der Waals surface area contributed by atoms with Gasteiger partial charge in [0.05, 0.1) is 126 Å². The summed E-state index contributed by atoms with van der Waals surface area (Å²) in [5.41, 5.74) is -0.514. The van der Waals surface area contributed by atoms with Gasteiger partial charge in [-0.2, -0.15) is 0 Å². The molecule has 56 heavy (non-hydrogen) atoms. The molecule has 0 aliphatic heterocycles. The van der Waals surface area contributed by atoms with E-state index in [0.717, 1.165) is 12.8 Å². The fourth-order valence-corrected chi connectivity index (χ4v) is 5.08. The molecular formula is C42H82O14. The number of hydrogen-bond donors (Lipinski definition) is 0. The van der Waals surface area contributed by atoms with E-state index in [1.807, 2.05) is 20.8 Å². The van der Waals surface area contributed by atoms with E-state index < -0.39 is 5.60 Å². The second kappa shape index (κ2) is 44.6. The normalized spacial score (nSPS) is 11.7. The van der Waals surface area contributed by atoms with E-state index in [4.69, 9.17) is 56.8 Å². The zero-order chi connectivity index (χ0) is 40.9. The van der Waals surface area contributed by atoms with Crippen molar-refractivity contribution >= 4 is 11.9 Å². The van der Waals surface area contributed by atoms with Gasteiger partial charge >= 0.3 is 11.9 Å². The Balaban J connectivity index is 3.16. The molecule has 0 saturated carbocycles. The summed E-state index contributed by atoms with van der Waals surface area (Å²) < 4.78 is 64.9. The largest absolute Gasteiger partial charge is 0.463 e. The van der Waals surface area contributed by atoms with Crippen molar-refractivity contribution in [1.29, 1.82) is 0 Å². The first-order valence-corrected chi connectivity index (χ1v) is 21.5. The Morgan fingerprint density at radius 2 is 0.607 bits per heavy atom. The third-order valence-corrected chi connectivity index (χ3v) is 7.96. The maximum atomic E-state index is 11.9. The monoisotopic (exact) mass is 811 g/mol. The third kappa shape index (κ3) is 48.7. The smallest absolute Gasteiger partial charge is 0.332 e. The number of carbonyl (C=O) groups excluding carboxylic acids is 2. The van der Waals surface area contributed by atoms with Gasteiger partial charge in [-0.05, 0) is 27.2 Å². The first kappa shape index (κ1) is 54.5. The number of ether oxygens (including phenoxy) is 12. The molecule has 0 rings (SSSR count). The quantitative estimate of drug-likeness (QED) is 0.0486. The minimum absolute atomic E-state index is 0.0855. The van der Waals surface area contributed by atoms with E-state index in [0.29, 0.717) is 132 Å². The van der Waals surface area contributed by atoms with Crippen LogP contribution in [0.4, 0.5) is 0 Å². The Morgan fingerprint density at radius 1 is 0.339 bits per heavy atom. The molecular weight excluding hydrogens is 728 g/mol. The van der Waals surface area contributed by atoms with E-state index in [2.05, 4.69) is 6.92 Å². The predicted octanol–water partition coefficient (Wildman–Crippen LogP) is 6.52. The Kier molecular flexibility index (Phi) is 43.5. The highest BCUT2D eigenvalue weighted by Crippen LogP contribution is 2.13. The Labute approximate surface area is 339 Å². The average molecular weight is 811 g/mol. The van der Waals surface area contributed by atoms with Crippen LogP contribution < -0.4 is 0 Å². The predicted molar refractivity (Wildman–Crippen MR) is 215 cm³/mol. The van der Waals surface area contributed by atoms with Crippen molar-refractivity contribution < 1.29 is 66.4 Å². The van der Waals surface area contributed by atoms with Crippen molar-refractivity contribution in [3.05, 3.63) is 0 Å². The fraction of sp³-hybridized carbons (Fsp3) is 0.952. The topological polar surface area (TPSA) is 145 Å². The lowest BCUT2D eigenvalue weighted by Gasteiger charge is -2.19. The molecule has 0 aliphatic carbocycles. The number of carbonyl (C=O) groups is 2. The standard InChI is InChI=1S/C42H82O14/c1-5-6-7-8-9-10-11-12-13-14-15-16-17-18-40(43)55-38-37-53-34-33-51-30-29-49-26-25-47-22-21-45-19-20-46-23-24-48-27-28-50-31-32-52-35-36-54-39-41(44)56-42(2,3)4/h5-39H2,1-4H3. The lowest BCUT2D eigenvalue weighted by molar-refractivity contribution is -0.160. The third-order valence-electron chi connectivity index (χ3n) is 7.96. The van der Waals surface area contributed by atoms with Crippen LogP contribution in [-0.4, -0.2) is 156 Å². The molecule has 0 atom stereocenters. The van der Waals surface area contributed by atoms with Crippen molar-refractivity contribution in [2.75, 3.05) is 139 Å². The molecule has 0 heterocycles. The highest BCUT2D eigenvalue weighted by molar-refractivity contribution is 5.71. The number of hydrogen-bond acceptors (Lipinski definition) is 14. The van der Waals surface area contributed by atoms with Gasteiger partial charge in [-0.3, -0.25) is 4.79 Å². The molecule has 0 saturated heterocycles. The van der Waals surface area contributed by atoms with Gasteiger partial charge in [-0.15, -0.1) is 0 Å².